The van der Waals surface area contributed by atoms with Crippen LogP contribution in [0.2, 0.25) is 0 Å². The highest BCUT2D eigenvalue weighted by atomic mass is 32.1. The highest BCUT2D eigenvalue weighted by molar-refractivity contribution is 7.15. The van der Waals surface area contributed by atoms with Crippen LogP contribution in [0.15, 0.2) is 16.7 Å². The summed E-state index contributed by atoms with van der Waals surface area (Å²) in [5.41, 5.74) is 2.09. The Bertz CT molecular complexity index is 519. The second kappa shape index (κ2) is 6.84. The third-order valence-corrected chi connectivity index (χ3v) is 3.99. The topological polar surface area (TPSA) is 47.3 Å². The molecular formula is C14H20N2O2S. The van der Waals surface area contributed by atoms with Crippen LogP contribution in [0.25, 0.3) is 10.6 Å². The van der Waals surface area contributed by atoms with Crippen LogP contribution in [0.3, 0.4) is 0 Å². The molecule has 2 aromatic rings. The number of hydrogen-bond donors (Lipinski definition) is 1. The van der Waals surface area contributed by atoms with Gasteiger partial charge in [-0.25, -0.2) is 4.98 Å². The van der Waals surface area contributed by atoms with E-state index in [-0.39, 0.29) is 0 Å². The fraction of sp³-hybridized carbons (Fsp3) is 0.500. The molecule has 2 heterocycles. The lowest BCUT2D eigenvalue weighted by molar-refractivity contribution is 0.181. The first kappa shape index (κ1) is 14.2. The molecule has 0 atom stereocenters. The third-order valence-electron chi connectivity index (χ3n) is 2.86. The summed E-state index contributed by atoms with van der Waals surface area (Å²) in [4.78, 5) is 5.92. The molecule has 0 spiro atoms. The maximum atomic E-state index is 5.35. The molecule has 0 saturated heterocycles. The van der Waals surface area contributed by atoms with Crippen molar-refractivity contribution in [2.45, 2.75) is 33.4 Å². The lowest BCUT2D eigenvalue weighted by atomic mass is 10.3. The Balaban J connectivity index is 2.22. The predicted molar refractivity (Wildman–Crippen MR) is 77.3 cm³/mol. The van der Waals surface area contributed by atoms with Gasteiger partial charge in [0.05, 0.1) is 24.1 Å². The standard InChI is InChI=1S/C14H20N2O2S/c1-4-6-15-8-13-12(9-17-3)16-14(19-13)11-5-7-18-10(11)2/h5,7,15H,4,6,8-9H2,1-3H3. The lowest BCUT2D eigenvalue weighted by Gasteiger charge is -2.02. The highest BCUT2D eigenvalue weighted by Crippen LogP contribution is 2.31. The van der Waals surface area contributed by atoms with Gasteiger partial charge in [-0.1, -0.05) is 6.92 Å². The zero-order valence-electron chi connectivity index (χ0n) is 11.7. The second-order valence-electron chi connectivity index (χ2n) is 4.39. The van der Waals surface area contributed by atoms with Crippen molar-refractivity contribution in [2.24, 2.45) is 0 Å². The first-order valence-corrected chi connectivity index (χ1v) is 7.30. The average molecular weight is 280 g/mol. The molecule has 2 aromatic heterocycles. The molecule has 0 amide bonds. The van der Waals surface area contributed by atoms with E-state index < -0.39 is 0 Å². The molecule has 0 saturated carbocycles. The number of methoxy groups -OCH3 is 1. The highest BCUT2D eigenvalue weighted by Gasteiger charge is 2.14. The van der Waals surface area contributed by atoms with Gasteiger partial charge in [0.15, 0.2) is 0 Å². The molecular weight excluding hydrogens is 260 g/mol. The molecule has 0 aliphatic rings. The molecule has 19 heavy (non-hydrogen) atoms. The number of rotatable bonds is 7. The van der Waals surface area contributed by atoms with Crippen molar-refractivity contribution in [1.29, 1.82) is 0 Å². The van der Waals surface area contributed by atoms with E-state index >= 15 is 0 Å². The molecule has 0 radical (unpaired) electrons. The smallest absolute Gasteiger partial charge is 0.127 e. The van der Waals surface area contributed by atoms with Gasteiger partial charge >= 0.3 is 0 Å². The Hall–Kier alpha value is -1.17. The third kappa shape index (κ3) is 3.43. The zero-order chi connectivity index (χ0) is 13.7. The largest absolute Gasteiger partial charge is 0.469 e. The SMILES string of the molecule is CCCNCc1sc(-c2ccoc2C)nc1COC. The summed E-state index contributed by atoms with van der Waals surface area (Å²) in [6.45, 7) is 6.54. The molecule has 104 valence electrons. The molecule has 0 aliphatic carbocycles. The maximum Gasteiger partial charge on any atom is 0.127 e. The van der Waals surface area contributed by atoms with Crippen LogP contribution >= 0.6 is 11.3 Å². The molecule has 2 rings (SSSR count). The van der Waals surface area contributed by atoms with Crippen molar-refractivity contribution >= 4 is 11.3 Å². The van der Waals surface area contributed by atoms with E-state index in [0.717, 1.165) is 41.5 Å². The van der Waals surface area contributed by atoms with Crippen LogP contribution in [-0.4, -0.2) is 18.6 Å². The van der Waals surface area contributed by atoms with E-state index in [1.807, 2.05) is 13.0 Å². The van der Waals surface area contributed by atoms with Gasteiger partial charge in [-0.2, -0.15) is 0 Å². The summed E-state index contributed by atoms with van der Waals surface area (Å²) < 4.78 is 10.6. The molecule has 0 aromatic carbocycles. The minimum atomic E-state index is 0.552. The first-order chi connectivity index (χ1) is 9.26. The summed E-state index contributed by atoms with van der Waals surface area (Å²) in [5, 5.41) is 4.42. The van der Waals surface area contributed by atoms with Crippen molar-refractivity contribution in [3.05, 3.63) is 28.7 Å². The molecule has 0 unspecified atom stereocenters. The van der Waals surface area contributed by atoms with Gasteiger partial charge in [0.1, 0.15) is 10.8 Å². The Morgan fingerprint density at radius 1 is 1.47 bits per heavy atom. The minimum Gasteiger partial charge on any atom is -0.469 e. The number of thiazole rings is 1. The average Bonchev–Trinajstić information content (AvgIpc) is 2.97. The van der Waals surface area contributed by atoms with Crippen LogP contribution in [0.1, 0.15) is 29.7 Å². The Kier molecular flexibility index (Phi) is 5.13. The second-order valence-corrected chi connectivity index (χ2v) is 5.47. The van der Waals surface area contributed by atoms with Crippen LogP contribution in [0.5, 0.6) is 0 Å². The van der Waals surface area contributed by atoms with Crippen molar-refractivity contribution in [3.63, 3.8) is 0 Å². The summed E-state index contributed by atoms with van der Waals surface area (Å²) >= 11 is 1.71. The summed E-state index contributed by atoms with van der Waals surface area (Å²) in [6, 6.07) is 1.97. The Morgan fingerprint density at radius 3 is 2.95 bits per heavy atom. The van der Waals surface area contributed by atoms with Gasteiger partial charge in [0.25, 0.3) is 0 Å². The number of ether oxygens (including phenoxy) is 1. The molecule has 0 fully saturated rings. The molecule has 0 bridgehead atoms. The molecule has 0 aliphatic heterocycles. The van der Waals surface area contributed by atoms with E-state index in [9.17, 15) is 0 Å². The van der Waals surface area contributed by atoms with Crippen LogP contribution in [-0.2, 0) is 17.9 Å². The van der Waals surface area contributed by atoms with E-state index in [2.05, 4.69) is 17.2 Å². The Morgan fingerprint density at radius 2 is 2.32 bits per heavy atom. The van der Waals surface area contributed by atoms with Crippen molar-refractivity contribution in [3.8, 4) is 10.6 Å². The summed E-state index contributed by atoms with van der Waals surface area (Å²) in [7, 11) is 1.70. The number of nitrogens with one attached hydrogen (secondary N) is 1. The fourth-order valence-electron chi connectivity index (χ4n) is 1.87. The number of hydrogen-bond acceptors (Lipinski definition) is 5. The van der Waals surface area contributed by atoms with Gasteiger partial charge in [-0.15, -0.1) is 11.3 Å². The van der Waals surface area contributed by atoms with E-state index in [1.54, 1.807) is 24.7 Å². The van der Waals surface area contributed by atoms with E-state index in [4.69, 9.17) is 9.15 Å². The van der Waals surface area contributed by atoms with Crippen molar-refractivity contribution in [1.82, 2.24) is 10.3 Å². The van der Waals surface area contributed by atoms with E-state index in [0.29, 0.717) is 6.61 Å². The number of furan rings is 1. The monoisotopic (exact) mass is 280 g/mol. The zero-order valence-corrected chi connectivity index (χ0v) is 12.5. The normalized spacial score (nSPS) is 11.1. The lowest BCUT2D eigenvalue weighted by Crippen LogP contribution is -2.14. The summed E-state index contributed by atoms with van der Waals surface area (Å²) in [5.74, 6) is 0.908. The Labute approximate surface area is 117 Å². The first-order valence-electron chi connectivity index (χ1n) is 6.49. The molecule has 4 nitrogen and oxygen atoms in total. The van der Waals surface area contributed by atoms with Gasteiger partial charge in [0, 0.05) is 18.5 Å². The number of aromatic nitrogens is 1. The van der Waals surface area contributed by atoms with Gasteiger partial charge in [0.2, 0.25) is 0 Å². The summed E-state index contributed by atoms with van der Waals surface area (Å²) in [6.07, 6.45) is 2.84. The number of aryl methyl sites for hydroxylation is 1. The van der Waals surface area contributed by atoms with Crippen LogP contribution < -0.4 is 5.32 Å². The van der Waals surface area contributed by atoms with Crippen molar-refractivity contribution in [2.75, 3.05) is 13.7 Å². The van der Waals surface area contributed by atoms with Crippen LogP contribution in [0, 0.1) is 6.92 Å². The van der Waals surface area contributed by atoms with Crippen LogP contribution in [0.4, 0.5) is 0 Å². The molecule has 1 N–H and O–H groups in total. The molecule has 5 heteroatoms. The minimum absolute atomic E-state index is 0.552. The predicted octanol–water partition coefficient (Wildman–Crippen LogP) is 3.36. The van der Waals surface area contributed by atoms with Gasteiger partial charge in [-0.05, 0) is 26.0 Å². The fourth-order valence-corrected chi connectivity index (χ4v) is 2.98. The maximum absolute atomic E-state index is 5.35. The van der Waals surface area contributed by atoms with Gasteiger partial charge in [-0.3, -0.25) is 0 Å². The quantitative estimate of drug-likeness (QED) is 0.790. The number of nitrogens with zero attached hydrogens (tertiary/aromatic N) is 1. The van der Waals surface area contributed by atoms with Crippen molar-refractivity contribution < 1.29 is 9.15 Å². The van der Waals surface area contributed by atoms with E-state index in [1.165, 1.54) is 4.88 Å². The van der Waals surface area contributed by atoms with Gasteiger partial charge < -0.3 is 14.5 Å².